The molecule has 18 heavy (non-hydrogen) atoms. The summed E-state index contributed by atoms with van der Waals surface area (Å²) >= 11 is 0. The summed E-state index contributed by atoms with van der Waals surface area (Å²) in [5.74, 6) is -0.794. The van der Waals surface area contributed by atoms with Gasteiger partial charge in [-0.2, -0.15) is 13.2 Å². The monoisotopic (exact) mass is 263 g/mol. The molecule has 0 aliphatic carbocycles. The molecule has 0 amide bonds. The highest BCUT2D eigenvalue weighted by atomic mass is 19.4. The minimum absolute atomic E-state index is 0.0171. The van der Waals surface area contributed by atoms with E-state index < -0.39 is 18.7 Å². The van der Waals surface area contributed by atoms with Crippen LogP contribution in [0.4, 0.5) is 24.7 Å². The number of nitrogen functional groups attached to an aromatic ring is 1. The lowest BCUT2D eigenvalue weighted by Crippen LogP contribution is -2.22. The molecule has 1 aromatic heterocycles. The van der Waals surface area contributed by atoms with Crippen molar-refractivity contribution in [1.29, 1.82) is 0 Å². The number of anilines is 2. The number of aromatic nitrogens is 1. The third kappa shape index (κ3) is 4.11. The molecule has 1 rings (SSSR count). The molecule has 0 saturated heterocycles. The number of carbonyl (C=O) groups is 1. The number of ether oxygens (including phenoxy) is 1. The number of nitrogens with one attached hydrogen (secondary N) is 1. The highest BCUT2D eigenvalue weighted by Gasteiger charge is 2.27. The number of hydrogen-bond acceptors (Lipinski definition) is 5. The second kappa shape index (κ2) is 5.56. The second-order valence-electron chi connectivity index (χ2n) is 3.35. The van der Waals surface area contributed by atoms with Gasteiger partial charge >= 0.3 is 12.1 Å². The first-order chi connectivity index (χ1) is 8.33. The molecule has 0 fully saturated rings. The number of rotatable bonds is 4. The SMILES string of the molecule is CCOC(=O)c1cc(NCC(F)(F)F)ncc1N. The standard InChI is InChI=1S/C10H12F3N3O2/c1-2-18-9(17)6-3-8(15-4-7(6)14)16-5-10(11,12)13/h3-4H,2,5,14H2,1H3,(H,15,16). The number of carbonyl (C=O) groups excluding carboxylic acids is 1. The Hall–Kier alpha value is -1.99. The molecule has 100 valence electrons. The van der Waals surface area contributed by atoms with Gasteiger partial charge in [0.1, 0.15) is 12.4 Å². The number of halogens is 3. The maximum absolute atomic E-state index is 12.0. The molecule has 0 unspecified atom stereocenters. The van der Waals surface area contributed by atoms with Crippen LogP contribution in [0.3, 0.4) is 0 Å². The molecule has 0 aliphatic heterocycles. The van der Waals surface area contributed by atoms with Crippen LogP contribution >= 0.6 is 0 Å². The average Bonchev–Trinajstić information content (AvgIpc) is 2.27. The smallest absolute Gasteiger partial charge is 0.405 e. The van der Waals surface area contributed by atoms with Gasteiger partial charge in [-0.05, 0) is 13.0 Å². The number of pyridine rings is 1. The Bertz CT molecular complexity index is 435. The van der Waals surface area contributed by atoms with Crippen LogP contribution in [0.1, 0.15) is 17.3 Å². The molecule has 0 saturated carbocycles. The lowest BCUT2D eigenvalue weighted by molar-refractivity contribution is -0.115. The van der Waals surface area contributed by atoms with Crippen molar-refractivity contribution in [2.75, 3.05) is 24.2 Å². The largest absolute Gasteiger partial charge is 0.462 e. The van der Waals surface area contributed by atoms with Gasteiger partial charge in [0.2, 0.25) is 0 Å². The van der Waals surface area contributed by atoms with Gasteiger partial charge in [-0.3, -0.25) is 0 Å². The first kappa shape index (κ1) is 14.1. The third-order valence-corrected chi connectivity index (χ3v) is 1.90. The summed E-state index contributed by atoms with van der Waals surface area (Å²) in [6, 6.07) is 1.12. The molecule has 0 atom stereocenters. The summed E-state index contributed by atoms with van der Waals surface area (Å²) in [5, 5.41) is 2.05. The Morgan fingerprint density at radius 1 is 1.56 bits per heavy atom. The van der Waals surface area contributed by atoms with E-state index in [0.717, 1.165) is 12.3 Å². The maximum Gasteiger partial charge on any atom is 0.405 e. The van der Waals surface area contributed by atoms with Gasteiger partial charge < -0.3 is 15.8 Å². The summed E-state index contributed by atoms with van der Waals surface area (Å²) in [6.07, 6.45) is -3.27. The molecule has 5 nitrogen and oxygen atoms in total. The van der Waals surface area contributed by atoms with E-state index in [1.165, 1.54) is 0 Å². The number of nitrogens with two attached hydrogens (primary N) is 1. The fourth-order valence-electron chi connectivity index (χ4n) is 1.14. The molecule has 0 aliphatic rings. The summed E-state index contributed by atoms with van der Waals surface area (Å²) < 4.78 is 40.7. The van der Waals surface area contributed by atoms with Crippen LogP contribution in [-0.2, 0) is 4.74 Å². The predicted octanol–water partition coefficient (Wildman–Crippen LogP) is 1.81. The van der Waals surface area contributed by atoms with E-state index in [2.05, 4.69) is 4.98 Å². The maximum atomic E-state index is 12.0. The van der Waals surface area contributed by atoms with Gasteiger partial charge in [-0.15, -0.1) is 0 Å². The van der Waals surface area contributed by atoms with E-state index in [9.17, 15) is 18.0 Å². The minimum atomic E-state index is -4.37. The molecular formula is C10H12F3N3O2. The van der Waals surface area contributed by atoms with Crippen molar-refractivity contribution < 1.29 is 22.7 Å². The molecular weight excluding hydrogens is 251 g/mol. The van der Waals surface area contributed by atoms with Gasteiger partial charge in [0.05, 0.1) is 24.1 Å². The molecule has 3 N–H and O–H groups in total. The zero-order valence-corrected chi connectivity index (χ0v) is 9.54. The van der Waals surface area contributed by atoms with Crippen molar-refractivity contribution in [2.24, 2.45) is 0 Å². The zero-order valence-electron chi connectivity index (χ0n) is 9.54. The normalized spacial score (nSPS) is 11.1. The lowest BCUT2D eigenvalue weighted by atomic mass is 10.2. The molecule has 1 heterocycles. The van der Waals surface area contributed by atoms with Crippen molar-refractivity contribution in [3.8, 4) is 0 Å². The quantitative estimate of drug-likeness (QED) is 0.810. The Labute approximate surface area is 101 Å². The van der Waals surface area contributed by atoms with Gasteiger partial charge in [0, 0.05) is 0 Å². The number of alkyl halides is 3. The second-order valence-corrected chi connectivity index (χ2v) is 3.35. The van der Waals surface area contributed by atoms with Gasteiger partial charge in [0.15, 0.2) is 0 Å². The van der Waals surface area contributed by atoms with E-state index in [4.69, 9.17) is 10.5 Å². The highest BCUT2D eigenvalue weighted by molar-refractivity contribution is 5.95. The number of esters is 1. The Morgan fingerprint density at radius 3 is 2.78 bits per heavy atom. The van der Waals surface area contributed by atoms with Crippen LogP contribution in [-0.4, -0.2) is 30.3 Å². The van der Waals surface area contributed by atoms with Crippen molar-refractivity contribution in [3.05, 3.63) is 17.8 Å². The lowest BCUT2D eigenvalue weighted by Gasteiger charge is -2.10. The van der Waals surface area contributed by atoms with Crippen LogP contribution in [0, 0.1) is 0 Å². The third-order valence-electron chi connectivity index (χ3n) is 1.90. The van der Waals surface area contributed by atoms with Crippen molar-refractivity contribution >= 4 is 17.5 Å². The Balaban J connectivity index is 2.84. The molecule has 0 spiro atoms. The Morgan fingerprint density at radius 2 is 2.22 bits per heavy atom. The van der Waals surface area contributed by atoms with E-state index in [0.29, 0.717) is 0 Å². The summed E-state index contributed by atoms with van der Waals surface area (Å²) in [6.45, 7) is 0.510. The van der Waals surface area contributed by atoms with Gasteiger partial charge in [-0.25, -0.2) is 9.78 Å². The predicted molar refractivity (Wildman–Crippen MR) is 59.2 cm³/mol. The van der Waals surface area contributed by atoms with Crippen LogP contribution in [0.5, 0.6) is 0 Å². The zero-order chi connectivity index (χ0) is 13.8. The van der Waals surface area contributed by atoms with Crippen molar-refractivity contribution in [1.82, 2.24) is 4.98 Å². The fraction of sp³-hybridized carbons (Fsp3) is 0.400. The molecule has 8 heteroatoms. The first-order valence-electron chi connectivity index (χ1n) is 5.06. The average molecular weight is 263 g/mol. The van der Waals surface area contributed by atoms with E-state index in [1.54, 1.807) is 6.92 Å². The van der Waals surface area contributed by atoms with E-state index in [-0.39, 0.29) is 23.7 Å². The summed E-state index contributed by atoms with van der Waals surface area (Å²) in [7, 11) is 0. The molecule has 0 bridgehead atoms. The van der Waals surface area contributed by atoms with Gasteiger partial charge in [-0.1, -0.05) is 0 Å². The Kier molecular flexibility index (Phi) is 4.35. The first-order valence-corrected chi connectivity index (χ1v) is 5.06. The molecule has 1 aromatic rings. The topological polar surface area (TPSA) is 77.2 Å². The van der Waals surface area contributed by atoms with Crippen LogP contribution in [0.25, 0.3) is 0 Å². The summed E-state index contributed by atoms with van der Waals surface area (Å²) in [4.78, 5) is 15.1. The number of hydrogen-bond donors (Lipinski definition) is 2. The summed E-state index contributed by atoms with van der Waals surface area (Å²) in [5.41, 5.74) is 5.52. The van der Waals surface area contributed by atoms with E-state index in [1.807, 2.05) is 5.32 Å². The minimum Gasteiger partial charge on any atom is -0.462 e. The molecule has 0 aromatic carbocycles. The fourth-order valence-corrected chi connectivity index (χ4v) is 1.14. The highest BCUT2D eigenvalue weighted by Crippen LogP contribution is 2.19. The van der Waals surface area contributed by atoms with Crippen molar-refractivity contribution in [2.45, 2.75) is 13.1 Å². The van der Waals surface area contributed by atoms with Gasteiger partial charge in [0.25, 0.3) is 0 Å². The van der Waals surface area contributed by atoms with Crippen molar-refractivity contribution in [3.63, 3.8) is 0 Å². The van der Waals surface area contributed by atoms with Crippen LogP contribution in [0.2, 0.25) is 0 Å². The van der Waals surface area contributed by atoms with Crippen LogP contribution < -0.4 is 11.1 Å². The number of nitrogens with zero attached hydrogens (tertiary/aromatic N) is 1. The van der Waals surface area contributed by atoms with Crippen LogP contribution in [0.15, 0.2) is 12.3 Å². The van der Waals surface area contributed by atoms with E-state index >= 15 is 0 Å². The molecule has 0 radical (unpaired) electrons.